The molecule has 3 N–H and O–H groups in total. The van der Waals surface area contributed by atoms with E-state index in [-0.39, 0.29) is 24.3 Å². The fourth-order valence-electron chi connectivity index (χ4n) is 3.38. The van der Waals surface area contributed by atoms with Crippen molar-refractivity contribution in [2.75, 3.05) is 57.6 Å². The van der Waals surface area contributed by atoms with E-state index < -0.39 is 0 Å². The molecule has 1 aromatic carbocycles. The van der Waals surface area contributed by atoms with Crippen molar-refractivity contribution in [1.82, 2.24) is 10.2 Å². The molecule has 1 fully saturated rings. The lowest BCUT2D eigenvalue weighted by Crippen LogP contribution is -2.38. The van der Waals surface area contributed by atoms with Gasteiger partial charge >= 0.3 is 0 Å². The Bertz CT molecular complexity index is 823. The highest BCUT2D eigenvalue weighted by Crippen LogP contribution is 2.28. The molecule has 2 amide bonds. The molecule has 1 aromatic rings. The number of benzene rings is 1. The first-order chi connectivity index (χ1) is 15.0. The number of carbonyl (C=O) groups is 2. The number of ether oxygens (including phenoxy) is 2. The maximum absolute atomic E-state index is 12.6. The summed E-state index contributed by atoms with van der Waals surface area (Å²) < 4.78 is 10.5. The minimum Gasteiger partial charge on any atom is -0.378 e. The van der Waals surface area contributed by atoms with Crippen LogP contribution in [0.2, 0.25) is 10.0 Å². The maximum Gasteiger partial charge on any atom is 0.248 e. The van der Waals surface area contributed by atoms with Gasteiger partial charge in [-0.15, -0.1) is 0 Å². The number of nitrogens with two attached hydrogens (primary N) is 1. The monoisotopic (exact) mass is 471 g/mol. The molecule has 31 heavy (non-hydrogen) atoms. The molecule has 0 unspecified atom stereocenters. The average Bonchev–Trinajstić information content (AvgIpc) is 3.42. The minimum atomic E-state index is -0.265. The molecule has 2 aliphatic rings. The van der Waals surface area contributed by atoms with E-state index in [9.17, 15) is 9.59 Å². The first kappa shape index (κ1) is 23.7. The summed E-state index contributed by atoms with van der Waals surface area (Å²) in [6.45, 7) is 3.18. The van der Waals surface area contributed by atoms with Crippen LogP contribution in [0.25, 0.3) is 0 Å². The number of halogens is 2. The van der Waals surface area contributed by atoms with Gasteiger partial charge < -0.3 is 25.4 Å². The lowest BCUT2D eigenvalue weighted by Gasteiger charge is -2.16. The van der Waals surface area contributed by atoms with Crippen LogP contribution in [-0.2, 0) is 19.1 Å². The largest absolute Gasteiger partial charge is 0.378 e. The maximum atomic E-state index is 12.6. The number of hydrogen-bond acceptors (Lipinski definition) is 7. The van der Waals surface area contributed by atoms with Crippen LogP contribution in [-0.4, -0.2) is 75.2 Å². The van der Waals surface area contributed by atoms with E-state index in [1.54, 1.807) is 22.0 Å². The summed E-state index contributed by atoms with van der Waals surface area (Å²) in [6.07, 6.45) is 1.22. The van der Waals surface area contributed by atoms with Crippen LogP contribution >= 0.6 is 23.2 Å². The van der Waals surface area contributed by atoms with Crippen molar-refractivity contribution >= 4 is 46.5 Å². The molecule has 11 heteroatoms. The zero-order valence-corrected chi connectivity index (χ0v) is 18.7. The molecule has 1 atom stereocenters. The average molecular weight is 472 g/mol. The molecular weight excluding hydrogens is 445 g/mol. The third kappa shape index (κ3) is 6.78. The van der Waals surface area contributed by atoms with Gasteiger partial charge in [0, 0.05) is 32.6 Å². The van der Waals surface area contributed by atoms with E-state index in [0.717, 1.165) is 5.69 Å². The number of carbonyl (C=O) groups excluding carboxylic acids is 2. The summed E-state index contributed by atoms with van der Waals surface area (Å²) in [5, 5.41) is 10.1. The molecule has 0 saturated carbocycles. The lowest BCUT2D eigenvalue weighted by atomic mass is 10.1. The molecule has 0 bridgehead atoms. The van der Waals surface area contributed by atoms with Gasteiger partial charge in [-0.1, -0.05) is 23.2 Å². The molecule has 170 valence electrons. The number of anilines is 1. The Kier molecular flexibility index (Phi) is 8.91. The molecule has 9 nitrogen and oxygen atoms in total. The van der Waals surface area contributed by atoms with Gasteiger partial charge in [0.2, 0.25) is 11.8 Å². The van der Waals surface area contributed by atoms with Gasteiger partial charge in [-0.2, -0.15) is 5.10 Å². The van der Waals surface area contributed by atoms with Crippen molar-refractivity contribution in [2.24, 2.45) is 16.8 Å². The van der Waals surface area contributed by atoms with Crippen LogP contribution in [0.15, 0.2) is 23.3 Å². The normalized spacial score (nSPS) is 18.4. The third-order valence-corrected chi connectivity index (χ3v) is 5.78. The van der Waals surface area contributed by atoms with Crippen molar-refractivity contribution in [3.63, 3.8) is 0 Å². The summed E-state index contributed by atoms with van der Waals surface area (Å²) >= 11 is 12.0. The number of likely N-dealkylation sites (tertiary alicyclic amines) is 1. The number of nitrogens with one attached hydrogen (secondary N) is 1. The number of rotatable bonds is 9. The molecule has 1 saturated heterocycles. The van der Waals surface area contributed by atoms with E-state index >= 15 is 0 Å². The van der Waals surface area contributed by atoms with E-state index in [2.05, 4.69) is 10.4 Å². The van der Waals surface area contributed by atoms with Crippen molar-refractivity contribution in [1.29, 1.82) is 0 Å². The predicted molar refractivity (Wildman–Crippen MR) is 119 cm³/mol. The van der Waals surface area contributed by atoms with Crippen molar-refractivity contribution < 1.29 is 19.1 Å². The highest BCUT2D eigenvalue weighted by Gasteiger charge is 2.32. The number of hydrazone groups is 1. The van der Waals surface area contributed by atoms with Crippen LogP contribution < -0.4 is 16.1 Å². The first-order valence-electron chi connectivity index (χ1n) is 10.2. The topological polar surface area (TPSA) is 109 Å². The Balaban J connectivity index is 1.42. The Hall–Kier alpha value is -1.91. The summed E-state index contributed by atoms with van der Waals surface area (Å²) in [7, 11) is 0. The van der Waals surface area contributed by atoms with E-state index in [1.807, 2.05) is 6.07 Å². The van der Waals surface area contributed by atoms with Gasteiger partial charge in [-0.3, -0.25) is 14.6 Å². The molecule has 3 rings (SSSR count). The molecule has 0 aliphatic carbocycles. The third-order valence-electron chi connectivity index (χ3n) is 5.04. The molecule has 2 aliphatic heterocycles. The number of amidine groups is 1. The molecule has 0 aromatic heterocycles. The number of amides is 2. The van der Waals surface area contributed by atoms with Gasteiger partial charge in [0.25, 0.3) is 0 Å². The predicted octanol–water partition coefficient (Wildman–Crippen LogP) is 1.47. The van der Waals surface area contributed by atoms with Gasteiger partial charge in [0.1, 0.15) is 12.4 Å². The summed E-state index contributed by atoms with van der Waals surface area (Å²) in [4.78, 5) is 26.5. The Labute approximate surface area is 191 Å². The highest BCUT2D eigenvalue weighted by atomic mass is 35.5. The first-order valence-corrected chi connectivity index (χ1v) is 11.0. The number of nitrogens with zero attached hydrogens (tertiary/aromatic N) is 3. The van der Waals surface area contributed by atoms with E-state index in [4.69, 9.17) is 38.4 Å². The van der Waals surface area contributed by atoms with Gasteiger partial charge in [-0.05, 0) is 24.6 Å². The fraction of sp³-hybridized carbons (Fsp3) is 0.550. The number of hydrogen-bond donors (Lipinski definition) is 2. The van der Waals surface area contributed by atoms with Crippen molar-refractivity contribution in [3.8, 4) is 0 Å². The zero-order chi connectivity index (χ0) is 22.2. The lowest BCUT2D eigenvalue weighted by molar-refractivity contribution is -0.135. The van der Waals surface area contributed by atoms with E-state index in [1.165, 1.54) is 0 Å². The summed E-state index contributed by atoms with van der Waals surface area (Å²) in [5.74, 6) is 0.0829. The fourth-order valence-corrected chi connectivity index (χ4v) is 3.67. The standard InChI is InChI=1S/C20H27Cl2N5O4/c21-16-2-1-15(11-17(16)22)27-7-4-18(25-27)24-20(29)14-3-6-26(12-14)19(28)13-31-10-9-30-8-5-23/h1-2,11,14H,3-10,12-13,23H2,(H,24,25,29)/t14-/m0/s1. The molecule has 0 radical (unpaired) electrons. The Morgan fingerprint density at radius 3 is 2.74 bits per heavy atom. The second-order valence-corrected chi connectivity index (χ2v) is 8.10. The quantitative estimate of drug-likeness (QED) is 0.527. The summed E-state index contributed by atoms with van der Waals surface area (Å²) in [5.41, 5.74) is 6.14. The van der Waals surface area contributed by atoms with Gasteiger partial charge in [-0.25, -0.2) is 0 Å². The van der Waals surface area contributed by atoms with Crippen LogP contribution in [0.3, 0.4) is 0 Å². The Morgan fingerprint density at radius 2 is 1.97 bits per heavy atom. The second kappa shape index (κ2) is 11.6. The van der Waals surface area contributed by atoms with Crippen molar-refractivity contribution in [3.05, 3.63) is 28.2 Å². The SMILES string of the molecule is NCCOCCOCC(=O)N1CC[C@H](C(=O)NC2=NN(c3ccc(Cl)c(Cl)c3)CC2)C1. The Morgan fingerprint density at radius 1 is 1.16 bits per heavy atom. The van der Waals surface area contributed by atoms with E-state index in [0.29, 0.717) is 74.7 Å². The zero-order valence-electron chi connectivity index (χ0n) is 17.2. The van der Waals surface area contributed by atoms with Crippen LogP contribution in [0.4, 0.5) is 5.69 Å². The van der Waals surface area contributed by atoms with Crippen molar-refractivity contribution in [2.45, 2.75) is 12.8 Å². The van der Waals surface area contributed by atoms with Crippen LogP contribution in [0.1, 0.15) is 12.8 Å². The second-order valence-electron chi connectivity index (χ2n) is 7.29. The highest BCUT2D eigenvalue weighted by molar-refractivity contribution is 6.42. The summed E-state index contributed by atoms with van der Waals surface area (Å²) in [6, 6.07) is 5.28. The van der Waals surface area contributed by atoms with Crippen LogP contribution in [0, 0.1) is 5.92 Å². The molecule has 2 heterocycles. The smallest absolute Gasteiger partial charge is 0.248 e. The van der Waals surface area contributed by atoms with Gasteiger partial charge in [0.15, 0.2) is 0 Å². The van der Waals surface area contributed by atoms with Gasteiger partial charge in [0.05, 0.1) is 41.5 Å². The van der Waals surface area contributed by atoms with Crippen LogP contribution in [0.5, 0.6) is 0 Å². The minimum absolute atomic E-state index is 0.0222. The molecule has 0 spiro atoms. The molecular formula is C20H27Cl2N5O4.